The minimum atomic E-state index is -3.74. The van der Waals surface area contributed by atoms with Crippen molar-refractivity contribution in [2.24, 2.45) is 0 Å². The van der Waals surface area contributed by atoms with E-state index in [0.29, 0.717) is 6.42 Å². The second-order valence-corrected chi connectivity index (χ2v) is 10.1. The molecular formula is C19H22N2O4S2. The van der Waals surface area contributed by atoms with Gasteiger partial charge in [0.25, 0.3) is 0 Å². The molecule has 0 radical (unpaired) electrons. The minimum absolute atomic E-state index is 0.0694. The van der Waals surface area contributed by atoms with E-state index in [1.54, 1.807) is 66.7 Å². The van der Waals surface area contributed by atoms with Crippen molar-refractivity contribution in [1.82, 2.24) is 8.61 Å². The zero-order valence-corrected chi connectivity index (χ0v) is 16.4. The van der Waals surface area contributed by atoms with Gasteiger partial charge in [0.1, 0.15) is 0 Å². The van der Waals surface area contributed by atoms with E-state index in [9.17, 15) is 16.8 Å². The normalized spacial score (nSPS) is 20.1. The van der Waals surface area contributed by atoms with Crippen LogP contribution in [0.25, 0.3) is 0 Å². The van der Waals surface area contributed by atoms with Crippen LogP contribution in [-0.4, -0.2) is 51.1 Å². The van der Waals surface area contributed by atoms with E-state index < -0.39 is 26.1 Å². The van der Waals surface area contributed by atoms with Crippen LogP contribution in [0.5, 0.6) is 0 Å². The summed E-state index contributed by atoms with van der Waals surface area (Å²) in [6.07, 6.45) is 1.92. The van der Waals surface area contributed by atoms with Gasteiger partial charge in [-0.05, 0) is 30.7 Å². The second kappa shape index (κ2) is 7.93. The Morgan fingerprint density at radius 3 is 1.81 bits per heavy atom. The van der Waals surface area contributed by atoms with Gasteiger partial charge < -0.3 is 0 Å². The summed E-state index contributed by atoms with van der Waals surface area (Å²) in [4.78, 5) is 0.399. The molecule has 2 aromatic carbocycles. The quantitative estimate of drug-likeness (QED) is 0.715. The van der Waals surface area contributed by atoms with Crippen LogP contribution in [0.3, 0.4) is 0 Å². The number of nitrogens with zero attached hydrogens (tertiary/aromatic N) is 2. The third-order valence-corrected chi connectivity index (χ3v) is 8.47. The van der Waals surface area contributed by atoms with Crippen LogP contribution >= 0.6 is 0 Å². The Labute approximate surface area is 160 Å². The molecule has 1 atom stereocenters. The average molecular weight is 407 g/mol. The summed E-state index contributed by atoms with van der Waals surface area (Å²) in [5.74, 6) is 0. The van der Waals surface area contributed by atoms with Crippen LogP contribution in [0.2, 0.25) is 0 Å². The first-order valence-electron chi connectivity index (χ1n) is 8.62. The molecule has 0 bridgehead atoms. The van der Waals surface area contributed by atoms with Gasteiger partial charge in [0.05, 0.1) is 9.79 Å². The Morgan fingerprint density at radius 2 is 1.30 bits per heavy atom. The fraction of sp³-hybridized carbons (Fsp3) is 0.263. The van der Waals surface area contributed by atoms with E-state index in [1.807, 2.05) is 0 Å². The lowest BCUT2D eigenvalue weighted by molar-refractivity contribution is 0.372. The van der Waals surface area contributed by atoms with Crippen molar-refractivity contribution in [1.29, 1.82) is 0 Å². The van der Waals surface area contributed by atoms with Gasteiger partial charge in [0.15, 0.2) is 0 Å². The van der Waals surface area contributed by atoms with Crippen molar-refractivity contribution < 1.29 is 16.8 Å². The SMILES string of the molecule is C=C[C@H]1CCN(S(=O)(=O)c2ccccc2)CCN1S(=O)(=O)c1ccccc1. The first-order chi connectivity index (χ1) is 12.9. The Kier molecular flexibility index (Phi) is 5.81. The van der Waals surface area contributed by atoms with Crippen molar-refractivity contribution in [3.05, 3.63) is 73.3 Å². The maximum absolute atomic E-state index is 13.0. The maximum Gasteiger partial charge on any atom is 0.243 e. The zero-order valence-electron chi connectivity index (χ0n) is 14.8. The molecule has 1 heterocycles. The van der Waals surface area contributed by atoms with Crippen molar-refractivity contribution in [2.45, 2.75) is 22.3 Å². The van der Waals surface area contributed by atoms with Crippen molar-refractivity contribution in [2.75, 3.05) is 19.6 Å². The Hall–Kier alpha value is -2.00. The Balaban J connectivity index is 1.90. The summed E-state index contributed by atoms with van der Waals surface area (Å²) >= 11 is 0. The molecular weight excluding hydrogens is 384 g/mol. The highest BCUT2D eigenvalue weighted by Gasteiger charge is 2.35. The van der Waals surface area contributed by atoms with Gasteiger partial charge in [0.2, 0.25) is 20.0 Å². The monoisotopic (exact) mass is 406 g/mol. The summed E-state index contributed by atoms with van der Waals surface area (Å²) in [7, 11) is -7.41. The topological polar surface area (TPSA) is 74.8 Å². The molecule has 27 heavy (non-hydrogen) atoms. The largest absolute Gasteiger partial charge is 0.243 e. The van der Waals surface area contributed by atoms with Crippen LogP contribution in [0.4, 0.5) is 0 Å². The minimum Gasteiger partial charge on any atom is -0.207 e. The number of sulfonamides is 2. The fourth-order valence-corrected chi connectivity index (χ4v) is 6.26. The predicted octanol–water partition coefficient (Wildman–Crippen LogP) is 2.33. The second-order valence-electron chi connectivity index (χ2n) is 6.24. The van der Waals surface area contributed by atoms with Crippen molar-refractivity contribution in [3.8, 4) is 0 Å². The smallest absolute Gasteiger partial charge is 0.207 e. The van der Waals surface area contributed by atoms with Crippen LogP contribution in [0, 0.1) is 0 Å². The van der Waals surface area contributed by atoms with Gasteiger partial charge in [-0.2, -0.15) is 8.61 Å². The van der Waals surface area contributed by atoms with Gasteiger partial charge in [-0.25, -0.2) is 16.8 Å². The van der Waals surface area contributed by atoms with Crippen LogP contribution in [0.15, 0.2) is 83.1 Å². The number of hydrogen-bond donors (Lipinski definition) is 0. The molecule has 0 spiro atoms. The lowest BCUT2D eigenvalue weighted by atomic mass is 10.2. The summed E-state index contributed by atoms with van der Waals surface area (Å²) in [5.41, 5.74) is 0. The molecule has 2 aromatic rings. The lowest BCUT2D eigenvalue weighted by Gasteiger charge is -2.26. The molecule has 6 nitrogen and oxygen atoms in total. The highest BCUT2D eigenvalue weighted by atomic mass is 32.2. The molecule has 1 saturated heterocycles. The number of hydrogen-bond acceptors (Lipinski definition) is 4. The summed E-state index contributed by atoms with van der Waals surface area (Å²) < 4.78 is 54.6. The Bertz CT molecular complexity index is 991. The first-order valence-corrected chi connectivity index (χ1v) is 11.5. The van der Waals surface area contributed by atoms with Crippen LogP contribution in [0.1, 0.15) is 6.42 Å². The summed E-state index contributed by atoms with van der Waals surface area (Å²) in [6, 6.07) is 15.9. The van der Waals surface area contributed by atoms with Gasteiger partial charge in [0, 0.05) is 25.7 Å². The molecule has 1 aliphatic heterocycles. The van der Waals surface area contributed by atoms with Crippen LogP contribution in [-0.2, 0) is 20.0 Å². The molecule has 0 aromatic heterocycles. The number of benzene rings is 2. The molecule has 1 fully saturated rings. The predicted molar refractivity (Wildman–Crippen MR) is 104 cm³/mol. The van der Waals surface area contributed by atoms with Gasteiger partial charge in [-0.15, -0.1) is 6.58 Å². The maximum atomic E-state index is 13.0. The third kappa shape index (κ3) is 3.98. The molecule has 3 rings (SSSR count). The van der Waals surface area contributed by atoms with Gasteiger partial charge in [-0.1, -0.05) is 42.5 Å². The standard InChI is InChI=1S/C19H22N2O4S2/c1-2-17-13-14-20(26(22,23)18-9-5-3-6-10-18)15-16-21(17)27(24,25)19-11-7-4-8-12-19/h2-12,17H,1,13-16H2/t17-/m0/s1. The molecule has 0 aliphatic carbocycles. The summed E-state index contributed by atoms with van der Waals surface area (Å²) in [6.45, 7) is 4.15. The molecule has 8 heteroatoms. The van der Waals surface area contributed by atoms with E-state index in [4.69, 9.17) is 0 Å². The molecule has 0 N–H and O–H groups in total. The molecule has 144 valence electrons. The Morgan fingerprint density at radius 1 is 0.778 bits per heavy atom. The molecule has 0 saturated carbocycles. The molecule has 0 unspecified atom stereocenters. The van der Waals surface area contributed by atoms with E-state index in [1.165, 1.54) is 8.61 Å². The molecule has 0 amide bonds. The van der Waals surface area contributed by atoms with Gasteiger partial charge in [-0.3, -0.25) is 0 Å². The average Bonchev–Trinajstić information content (AvgIpc) is 2.93. The summed E-state index contributed by atoms with van der Waals surface area (Å²) in [5, 5.41) is 0. The van der Waals surface area contributed by atoms with E-state index >= 15 is 0 Å². The van der Waals surface area contributed by atoms with E-state index in [2.05, 4.69) is 6.58 Å². The van der Waals surface area contributed by atoms with Gasteiger partial charge >= 0.3 is 0 Å². The third-order valence-electron chi connectivity index (χ3n) is 4.62. The van der Waals surface area contributed by atoms with Crippen LogP contribution < -0.4 is 0 Å². The number of rotatable bonds is 5. The molecule has 1 aliphatic rings. The highest BCUT2D eigenvalue weighted by Crippen LogP contribution is 2.25. The fourth-order valence-electron chi connectivity index (χ4n) is 3.15. The lowest BCUT2D eigenvalue weighted by Crippen LogP contribution is -2.40. The van der Waals surface area contributed by atoms with E-state index in [0.717, 1.165) is 0 Å². The van der Waals surface area contributed by atoms with E-state index in [-0.39, 0.29) is 29.4 Å². The highest BCUT2D eigenvalue weighted by molar-refractivity contribution is 7.89. The van der Waals surface area contributed by atoms with Crippen molar-refractivity contribution in [3.63, 3.8) is 0 Å². The van der Waals surface area contributed by atoms with Crippen molar-refractivity contribution >= 4 is 20.0 Å². The first kappa shape index (κ1) is 19.8. The zero-order chi connectivity index (χ0) is 19.5.